The number of carbonyl (C=O) groups excluding carboxylic acids is 1. The molecule has 0 spiro atoms. The first-order valence-corrected chi connectivity index (χ1v) is 15.1. The summed E-state index contributed by atoms with van der Waals surface area (Å²) >= 11 is 0. The minimum Gasteiger partial charge on any atom is -0.467 e. The number of fused-ring (bicyclic) bond motifs is 1. The molecule has 3 aromatic carbocycles. The molecule has 0 unspecified atom stereocenters. The Morgan fingerprint density at radius 3 is 2.35 bits per heavy atom. The molecule has 210 valence electrons. The number of hydrogen-bond donors (Lipinski definition) is 0. The Morgan fingerprint density at radius 1 is 0.850 bits per heavy atom. The lowest BCUT2D eigenvalue weighted by Crippen LogP contribution is -2.47. The Bertz CT molecular complexity index is 1490. The largest absolute Gasteiger partial charge is 0.467 e. The van der Waals surface area contributed by atoms with Crippen molar-refractivity contribution in [3.63, 3.8) is 0 Å². The Labute approximate surface area is 235 Å². The van der Waals surface area contributed by atoms with Gasteiger partial charge in [0.25, 0.3) is 0 Å². The number of hydrogen-bond acceptors (Lipinski definition) is 6. The van der Waals surface area contributed by atoms with Crippen molar-refractivity contribution >= 4 is 26.7 Å². The minimum absolute atomic E-state index is 0.183. The third-order valence-electron chi connectivity index (χ3n) is 7.23. The molecule has 8 nitrogen and oxygen atoms in total. The summed E-state index contributed by atoms with van der Waals surface area (Å²) < 4.78 is 40.3. The van der Waals surface area contributed by atoms with Gasteiger partial charge < -0.3 is 14.1 Å². The molecule has 0 N–H and O–H groups in total. The van der Waals surface area contributed by atoms with Gasteiger partial charge in [0.1, 0.15) is 5.76 Å². The van der Waals surface area contributed by atoms with Crippen LogP contribution in [0.15, 0.2) is 101 Å². The standard InChI is InChI=1S/C31H35N3O5S/c35-31(33(24-29-11-6-20-39-29)15-14-26-7-2-1-3-8-26)25-34(17-16-32-18-21-38-22-19-32)40(36,37)30-13-12-27-9-4-5-10-28(27)23-30/h1-13,20,23H,14-19,21-22,24-25H2. The number of benzene rings is 3. The fraction of sp³-hybridized carbons (Fsp3) is 0.323. The number of rotatable bonds is 12. The molecule has 5 rings (SSSR count). The van der Waals surface area contributed by atoms with E-state index in [4.69, 9.17) is 9.15 Å². The molecule has 1 saturated heterocycles. The normalized spacial score (nSPS) is 14.5. The van der Waals surface area contributed by atoms with Gasteiger partial charge in [-0.1, -0.05) is 60.7 Å². The van der Waals surface area contributed by atoms with E-state index >= 15 is 0 Å². The van der Waals surface area contributed by atoms with Crippen molar-refractivity contribution in [3.8, 4) is 0 Å². The molecule has 9 heteroatoms. The lowest BCUT2D eigenvalue weighted by Gasteiger charge is -2.31. The lowest BCUT2D eigenvalue weighted by atomic mass is 10.1. The number of nitrogens with zero attached hydrogens (tertiary/aromatic N) is 3. The molecular weight excluding hydrogens is 526 g/mol. The summed E-state index contributed by atoms with van der Waals surface area (Å²) in [4.78, 5) is 17.8. The SMILES string of the molecule is O=C(CN(CCN1CCOCC1)S(=O)(=O)c1ccc2ccccc2c1)N(CCc1ccccc1)Cc1ccco1. The third-order valence-corrected chi connectivity index (χ3v) is 9.07. The van der Waals surface area contributed by atoms with Crippen molar-refractivity contribution in [1.82, 2.24) is 14.1 Å². The molecule has 40 heavy (non-hydrogen) atoms. The van der Waals surface area contributed by atoms with Crippen LogP contribution in [-0.4, -0.2) is 80.9 Å². The first-order valence-electron chi connectivity index (χ1n) is 13.6. The molecule has 0 saturated carbocycles. The molecule has 0 bridgehead atoms. The number of morpholine rings is 1. The summed E-state index contributed by atoms with van der Waals surface area (Å²) in [6.07, 6.45) is 2.23. The second-order valence-electron chi connectivity index (χ2n) is 9.93. The topological polar surface area (TPSA) is 83.3 Å². The van der Waals surface area contributed by atoms with Crippen molar-refractivity contribution in [3.05, 3.63) is 103 Å². The summed E-state index contributed by atoms with van der Waals surface area (Å²) in [6, 6.07) is 26.3. The van der Waals surface area contributed by atoms with Crippen LogP contribution in [0.3, 0.4) is 0 Å². The average Bonchev–Trinajstić information content (AvgIpc) is 3.51. The van der Waals surface area contributed by atoms with Crippen LogP contribution in [0.25, 0.3) is 10.8 Å². The summed E-state index contributed by atoms with van der Waals surface area (Å²) in [6.45, 7) is 3.89. The van der Waals surface area contributed by atoms with E-state index in [1.807, 2.05) is 66.7 Å². The van der Waals surface area contributed by atoms with Crippen LogP contribution in [0, 0.1) is 0 Å². The van der Waals surface area contributed by atoms with Crippen LogP contribution in [0.5, 0.6) is 0 Å². The van der Waals surface area contributed by atoms with E-state index in [9.17, 15) is 13.2 Å². The smallest absolute Gasteiger partial charge is 0.243 e. The van der Waals surface area contributed by atoms with Gasteiger partial charge in [-0.25, -0.2) is 8.42 Å². The predicted octanol–water partition coefficient (Wildman–Crippen LogP) is 4.03. The van der Waals surface area contributed by atoms with Crippen LogP contribution in [-0.2, 0) is 32.5 Å². The van der Waals surface area contributed by atoms with E-state index < -0.39 is 10.0 Å². The quantitative estimate of drug-likeness (QED) is 0.260. The molecule has 0 radical (unpaired) electrons. The van der Waals surface area contributed by atoms with Crippen LogP contribution >= 0.6 is 0 Å². The van der Waals surface area contributed by atoms with Crippen molar-refractivity contribution in [2.45, 2.75) is 17.9 Å². The third kappa shape index (κ3) is 7.17. The average molecular weight is 562 g/mol. The summed E-state index contributed by atoms with van der Waals surface area (Å²) in [5.41, 5.74) is 1.10. The second-order valence-corrected chi connectivity index (χ2v) is 11.9. The highest BCUT2D eigenvalue weighted by molar-refractivity contribution is 7.89. The first kappa shape index (κ1) is 28.0. The molecule has 0 aliphatic carbocycles. The van der Waals surface area contributed by atoms with Gasteiger partial charge in [0.15, 0.2) is 0 Å². The Kier molecular flexibility index (Phi) is 9.28. The number of ether oxygens (including phenoxy) is 1. The van der Waals surface area contributed by atoms with Gasteiger partial charge in [-0.2, -0.15) is 4.31 Å². The van der Waals surface area contributed by atoms with Crippen LogP contribution in [0.4, 0.5) is 0 Å². The van der Waals surface area contributed by atoms with Gasteiger partial charge in [0, 0.05) is 32.7 Å². The van der Waals surface area contributed by atoms with Crippen molar-refractivity contribution in [1.29, 1.82) is 0 Å². The monoisotopic (exact) mass is 561 g/mol. The van der Waals surface area contributed by atoms with E-state index in [0.717, 1.165) is 29.4 Å². The van der Waals surface area contributed by atoms with Crippen LogP contribution < -0.4 is 0 Å². The van der Waals surface area contributed by atoms with Gasteiger partial charge in [0.05, 0.1) is 37.5 Å². The van der Waals surface area contributed by atoms with Gasteiger partial charge in [0.2, 0.25) is 15.9 Å². The first-order chi connectivity index (χ1) is 19.5. The number of carbonyl (C=O) groups is 1. The molecule has 1 aliphatic heterocycles. The number of amides is 1. The second kappa shape index (κ2) is 13.2. The maximum Gasteiger partial charge on any atom is 0.243 e. The highest BCUT2D eigenvalue weighted by Gasteiger charge is 2.29. The van der Waals surface area contributed by atoms with E-state index in [1.54, 1.807) is 29.4 Å². The summed E-state index contributed by atoms with van der Waals surface area (Å²) in [7, 11) is -3.95. The zero-order valence-electron chi connectivity index (χ0n) is 22.5. The van der Waals surface area contributed by atoms with Gasteiger partial charge in [-0.05, 0) is 47.0 Å². The zero-order chi connectivity index (χ0) is 27.8. The summed E-state index contributed by atoms with van der Waals surface area (Å²) in [5.74, 6) is 0.386. The molecule has 1 aliphatic rings. The minimum atomic E-state index is -3.95. The number of furan rings is 1. The molecule has 2 heterocycles. The zero-order valence-corrected chi connectivity index (χ0v) is 23.3. The molecular formula is C31H35N3O5S. The molecule has 1 fully saturated rings. The molecule has 1 aromatic heterocycles. The fourth-order valence-electron chi connectivity index (χ4n) is 4.88. The van der Waals surface area contributed by atoms with Crippen molar-refractivity contribution in [2.75, 3.05) is 52.5 Å². The predicted molar refractivity (Wildman–Crippen MR) is 154 cm³/mol. The van der Waals surface area contributed by atoms with E-state index in [2.05, 4.69) is 4.90 Å². The van der Waals surface area contributed by atoms with Crippen molar-refractivity contribution in [2.24, 2.45) is 0 Å². The molecule has 0 atom stereocenters. The number of sulfonamides is 1. The fourth-order valence-corrected chi connectivity index (χ4v) is 6.30. The maximum absolute atomic E-state index is 14.0. The van der Waals surface area contributed by atoms with Gasteiger partial charge in [-0.15, -0.1) is 0 Å². The van der Waals surface area contributed by atoms with Crippen molar-refractivity contribution < 1.29 is 22.4 Å². The molecule has 1 amide bonds. The van der Waals surface area contributed by atoms with E-state index in [-0.39, 0.29) is 30.4 Å². The Hall–Kier alpha value is -3.50. The molecule has 4 aromatic rings. The lowest BCUT2D eigenvalue weighted by molar-refractivity contribution is -0.132. The Balaban J connectivity index is 1.38. The van der Waals surface area contributed by atoms with E-state index in [1.165, 1.54) is 4.31 Å². The van der Waals surface area contributed by atoms with E-state index in [0.29, 0.717) is 38.5 Å². The highest BCUT2D eigenvalue weighted by atomic mass is 32.2. The van der Waals surface area contributed by atoms with Crippen LogP contribution in [0.2, 0.25) is 0 Å². The van der Waals surface area contributed by atoms with Crippen LogP contribution in [0.1, 0.15) is 11.3 Å². The van der Waals surface area contributed by atoms with Gasteiger partial charge >= 0.3 is 0 Å². The van der Waals surface area contributed by atoms with Gasteiger partial charge in [-0.3, -0.25) is 9.69 Å². The Morgan fingerprint density at radius 2 is 1.60 bits per heavy atom. The highest BCUT2D eigenvalue weighted by Crippen LogP contribution is 2.22. The summed E-state index contributed by atoms with van der Waals surface area (Å²) in [5, 5.41) is 1.80. The maximum atomic E-state index is 14.0.